The van der Waals surface area contributed by atoms with Crippen LogP contribution < -0.4 is 0 Å². The second-order valence-electron chi connectivity index (χ2n) is 4.37. The molecule has 1 amide bonds. The summed E-state index contributed by atoms with van der Waals surface area (Å²) in [6, 6.07) is 3.44. The van der Waals surface area contributed by atoms with Crippen molar-refractivity contribution >= 4 is 11.6 Å². The van der Waals surface area contributed by atoms with Crippen molar-refractivity contribution < 1.29 is 22.9 Å². The van der Waals surface area contributed by atoms with Gasteiger partial charge in [0, 0.05) is 12.6 Å². The van der Waals surface area contributed by atoms with E-state index in [9.17, 15) is 28.1 Å². The third-order valence-electron chi connectivity index (χ3n) is 2.79. The van der Waals surface area contributed by atoms with E-state index in [2.05, 4.69) is 0 Å². The number of alkyl halides is 3. The number of halogens is 3. The molecule has 1 aromatic carbocycles. The van der Waals surface area contributed by atoms with E-state index in [0.29, 0.717) is 18.6 Å². The predicted molar refractivity (Wildman–Crippen MR) is 69.9 cm³/mol. The highest BCUT2D eigenvalue weighted by Crippen LogP contribution is 2.33. The average Bonchev–Trinajstić information content (AvgIpc) is 2.44. The summed E-state index contributed by atoms with van der Waals surface area (Å²) in [6.07, 6.45) is -4.25. The van der Waals surface area contributed by atoms with Gasteiger partial charge in [-0.1, -0.05) is 6.92 Å². The van der Waals surface area contributed by atoms with Crippen LogP contribution in [0.15, 0.2) is 18.2 Å². The number of nitro benzene ring substituents is 1. The molecule has 0 aliphatic rings. The first-order valence-electron chi connectivity index (χ1n) is 6.24. The van der Waals surface area contributed by atoms with Crippen LogP contribution in [-0.2, 0) is 6.18 Å². The average molecular weight is 315 g/mol. The summed E-state index contributed by atoms with van der Waals surface area (Å²) in [5.41, 5.74) is -2.61. The van der Waals surface area contributed by atoms with E-state index in [4.69, 9.17) is 5.26 Å². The zero-order valence-corrected chi connectivity index (χ0v) is 11.6. The molecule has 1 rings (SSSR count). The lowest BCUT2D eigenvalue weighted by Gasteiger charge is -2.19. The van der Waals surface area contributed by atoms with Crippen LogP contribution in [-0.4, -0.2) is 28.8 Å². The van der Waals surface area contributed by atoms with Crippen LogP contribution in [0.25, 0.3) is 0 Å². The van der Waals surface area contributed by atoms with Gasteiger partial charge in [0.25, 0.3) is 11.6 Å². The maximum absolute atomic E-state index is 12.6. The minimum atomic E-state index is -4.75. The molecule has 0 aliphatic carbocycles. The van der Waals surface area contributed by atoms with E-state index in [1.807, 2.05) is 0 Å². The number of benzene rings is 1. The Labute approximate surface area is 123 Å². The molecular weight excluding hydrogens is 303 g/mol. The fourth-order valence-corrected chi connectivity index (χ4v) is 1.82. The topological polar surface area (TPSA) is 87.2 Å². The van der Waals surface area contributed by atoms with Crippen LogP contribution in [0, 0.1) is 21.4 Å². The summed E-state index contributed by atoms with van der Waals surface area (Å²) in [6.45, 7) is 1.61. The first kappa shape index (κ1) is 17.4. The lowest BCUT2D eigenvalue weighted by molar-refractivity contribution is -0.385. The minimum absolute atomic E-state index is 0.171. The molecule has 0 fully saturated rings. The highest BCUT2D eigenvalue weighted by atomic mass is 19.4. The van der Waals surface area contributed by atoms with Crippen molar-refractivity contribution in [1.82, 2.24) is 4.90 Å². The molecule has 0 aliphatic heterocycles. The van der Waals surface area contributed by atoms with Crippen LogP contribution in [0.5, 0.6) is 0 Å². The molecule has 0 bridgehead atoms. The van der Waals surface area contributed by atoms with Crippen molar-refractivity contribution in [3.8, 4) is 6.07 Å². The molecule has 0 atom stereocenters. The van der Waals surface area contributed by atoms with Gasteiger partial charge in [0.05, 0.1) is 16.6 Å². The number of nitrogens with zero attached hydrogens (tertiary/aromatic N) is 3. The Morgan fingerprint density at radius 1 is 1.45 bits per heavy atom. The maximum atomic E-state index is 12.6. The summed E-state index contributed by atoms with van der Waals surface area (Å²) in [7, 11) is 0. The fourth-order valence-electron chi connectivity index (χ4n) is 1.82. The number of nitriles is 1. The maximum Gasteiger partial charge on any atom is 0.416 e. The van der Waals surface area contributed by atoms with Gasteiger partial charge in [-0.3, -0.25) is 14.9 Å². The van der Waals surface area contributed by atoms with Crippen molar-refractivity contribution in [2.45, 2.75) is 19.5 Å². The highest BCUT2D eigenvalue weighted by Gasteiger charge is 2.34. The van der Waals surface area contributed by atoms with E-state index in [0.717, 1.165) is 11.0 Å². The Morgan fingerprint density at radius 3 is 2.55 bits per heavy atom. The third-order valence-corrected chi connectivity index (χ3v) is 2.79. The number of hydrogen-bond donors (Lipinski definition) is 0. The molecule has 0 unspecified atom stereocenters. The minimum Gasteiger partial charge on any atom is -0.325 e. The molecule has 0 spiro atoms. The van der Waals surface area contributed by atoms with Crippen LogP contribution in [0.2, 0.25) is 0 Å². The largest absolute Gasteiger partial charge is 0.416 e. The van der Waals surface area contributed by atoms with Gasteiger partial charge < -0.3 is 4.90 Å². The summed E-state index contributed by atoms with van der Waals surface area (Å²) < 4.78 is 37.8. The summed E-state index contributed by atoms with van der Waals surface area (Å²) in [5.74, 6) is -0.844. The molecular formula is C13H12F3N3O3. The molecule has 0 aromatic heterocycles. The van der Waals surface area contributed by atoms with Gasteiger partial charge in [-0.2, -0.15) is 18.4 Å². The smallest absolute Gasteiger partial charge is 0.325 e. The zero-order chi connectivity index (χ0) is 16.9. The van der Waals surface area contributed by atoms with Gasteiger partial charge in [-0.15, -0.1) is 0 Å². The second kappa shape index (κ2) is 6.89. The molecule has 0 saturated carbocycles. The number of rotatable bonds is 5. The van der Waals surface area contributed by atoms with Crippen LogP contribution in [0.1, 0.15) is 29.3 Å². The fraction of sp³-hybridized carbons (Fsp3) is 0.385. The van der Waals surface area contributed by atoms with Gasteiger partial charge in [0.1, 0.15) is 12.1 Å². The van der Waals surface area contributed by atoms with Gasteiger partial charge in [-0.25, -0.2) is 0 Å². The van der Waals surface area contributed by atoms with Crippen molar-refractivity contribution in [3.05, 3.63) is 39.4 Å². The molecule has 22 heavy (non-hydrogen) atoms. The lowest BCUT2D eigenvalue weighted by atomic mass is 10.1. The Hall–Kier alpha value is -2.63. The second-order valence-corrected chi connectivity index (χ2v) is 4.37. The Morgan fingerprint density at radius 2 is 2.09 bits per heavy atom. The zero-order valence-electron chi connectivity index (χ0n) is 11.6. The van der Waals surface area contributed by atoms with Gasteiger partial charge in [0.2, 0.25) is 0 Å². The molecule has 9 heteroatoms. The predicted octanol–water partition coefficient (Wildman–Crippen LogP) is 2.99. The van der Waals surface area contributed by atoms with E-state index >= 15 is 0 Å². The molecule has 118 valence electrons. The Bertz CT molecular complexity index is 623. The first-order chi connectivity index (χ1) is 10.2. The van der Waals surface area contributed by atoms with E-state index in [1.165, 1.54) is 0 Å². The van der Waals surface area contributed by atoms with Gasteiger partial charge >= 0.3 is 6.18 Å². The molecule has 6 nitrogen and oxygen atoms in total. The monoisotopic (exact) mass is 315 g/mol. The number of carbonyl (C=O) groups excluding carboxylic acids is 1. The first-order valence-corrected chi connectivity index (χ1v) is 6.24. The van der Waals surface area contributed by atoms with E-state index < -0.39 is 33.8 Å². The lowest BCUT2D eigenvalue weighted by Crippen LogP contribution is -2.32. The summed E-state index contributed by atoms with van der Waals surface area (Å²) >= 11 is 0. The van der Waals surface area contributed by atoms with Gasteiger partial charge in [0.15, 0.2) is 0 Å². The van der Waals surface area contributed by atoms with Crippen LogP contribution >= 0.6 is 0 Å². The number of carbonyl (C=O) groups is 1. The quantitative estimate of drug-likeness (QED) is 0.475. The van der Waals surface area contributed by atoms with Gasteiger partial charge in [-0.05, 0) is 18.6 Å². The standard InChI is InChI=1S/C13H12F3N3O3/c1-2-6-18(7-5-17)12(20)10-4-3-9(13(14,15)16)8-11(10)19(21)22/h3-4,8H,2,6-7H2,1H3. The van der Waals surface area contributed by atoms with Crippen molar-refractivity contribution in [1.29, 1.82) is 5.26 Å². The molecule has 1 aromatic rings. The molecule has 0 N–H and O–H groups in total. The highest BCUT2D eigenvalue weighted by molar-refractivity contribution is 5.98. The van der Waals surface area contributed by atoms with Crippen molar-refractivity contribution in [2.24, 2.45) is 0 Å². The van der Waals surface area contributed by atoms with E-state index in [-0.39, 0.29) is 13.1 Å². The van der Waals surface area contributed by atoms with Crippen molar-refractivity contribution in [2.75, 3.05) is 13.1 Å². The molecule has 0 radical (unpaired) electrons. The Kier molecular flexibility index (Phi) is 5.45. The Balaban J connectivity index is 3.32. The number of nitro groups is 1. The SMILES string of the molecule is CCCN(CC#N)C(=O)c1ccc(C(F)(F)F)cc1[N+](=O)[O-]. The number of amides is 1. The summed E-state index contributed by atoms with van der Waals surface area (Å²) in [4.78, 5) is 23.2. The van der Waals surface area contributed by atoms with Crippen LogP contribution in [0.4, 0.5) is 18.9 Å². The third kappa shape index (κ3) is 3.94. The normalized spacial score (nSPS) is 10.9. The molecule has 0 saturated heterocycles. The van der Waals surface area contributed by atoms with Crippen LogP contribution in [0.3, 0.4) is 0 Å². The van der Waals surface area contributed by atoms with Crippen molar-refractivity contribution in [3.63, 3.8) is 0 Å². The number of hydrogen-bond acceptors (Lipinski definition) is 4. The summed E-state index contributed by atoms with van der Waals surface area (Å²) in [5, 5.41) is 19.6. The molecule has 0 heterocycles. The van der Waals surface area contributed by atoms with E-state index in [1.54, 1.807) is 13.0 Å².